The van der Waals surface area contributed by atoms with Crippen molar-refractivity contribution in [3.8, 4) is 0 Å². The van der Waals surface area contributed by atoms with Gasteiger partial charge in [0.15, 0.2) is 0 Å². The topological polar surface area (TPSA) is 59.8 Å². The van der Waals surface area contributed by atoms with Crippen LogP contribution in [-0.4, -0.2) is 32.5 Å². The van der Waals surface area contributed by atoms with Crippen LogP contribution in [-0.2, 0) is 6.54 Å². The lowest BCUT2D eigenvalue weighted by atomic mass is 10.2. The van der Waals surface area contributed by atoms with Crippen molar-refractivity contribution < 1.29 is 4.79 Å². The number of nitrogens with one attached hydrogen (secondary N) is 1. The van der Waals surface area contributed by atoms with E-state index in [2.05, 4.69) is 35.3 Å². The summed E-state index contributed by atoms with van der Waals surface area (Å²) >= 11 is 1.61. The predicted molar refractivity (Wildman–Crippen MR) is 93.9 cm³/mol. The Balaban J connectivity index is 1.86. The van der Waals surface area contributed by atoms with Gasteiger partial charge in [-0.1, -0.05) is 13.8 Å². The highest BCUT2D eigenvalue weighted by Crippen LogP contribution is 2.24. The van der Waals surface area contributed by atoms with Gasteiger partial charge in [-0.2, -0.15) is 5.10 Å². The fourth-order valence-corrected chi connectivity index (χ4v) is 3.16. The summed E-state index contributed by atoms with van der Waals surface area (Å²) in [4.78, 5) is 16.7. The number of thioether (sulfide) groups is 1. The zero-order valence-corrected chi connectivity index (χ0v) is 15.0. The van der Waals surface area contributed by atoms with Crippen LogP contribution in [0.2, 0.25) is 0 Å². The van der Waals surface area contributed by atoms with E-state index in [1.807, 2.05) is 24.6 Å². The molecule has 2 rings (SSSR count). The Morgan fingerprint density at radius 1 is 1.39 bits per heavy atom. The van der Waals surface area contributed by atoms with Crippen molar-refractivity contribution in [1.29, 1.82) is 0 Å². The molecule has 23 heavy (non-hydrogen) atoms. The first kappa shape index (κ1) is 17.5. The van der Waals surface area contributed by atoms with E-state index in [0.717, 1.165) is 29.4 Å². The fourth-order valence-electron chi connectivity index (χ4n) is 2.31. The molecule has 0 fully saturated rings. The molecular formula is C17H24N4OS. The molecule has 0 radical (unpaired) electrons. The number of amides is 1. The van der Waals surface area contributed by atoms with E-state index >= 15 is 0 Å². The molecule has 2 aromatic rings. The number of carbonyl (C=O) groups excluding carboxylic acids is 1. The summed E-state index contributed by atoms with van der Waals surface area (Å²) < 4.78 is 1.98. The second-order valence-corrected chi connectivity index (χ2v) is 7.35. The lowest BCUT2D eigenvalue weighted by Gasteiger charge is -2.10. The number of hydrogen-bond acceptors (Lipinski definition) is 4. The second kappa shape index (κ2) is 8.15. The Morgan fingerprint density at radius 3 is 2.83 bits per heavy atom. The monoisotopic (exact) mass is 332 g/mol. The van der Waals surface area contributed by atoms with Gasteiger partial charge in [-0.05, 0) is 38.5 Å². The Kier molecular flexibility index (Phi) is 6.21. The van der Waals surface area contributed by atoms with Crippen LogP contribution >= 0.6 is 11.8 Å². The van der Waals surface area contributed by atoms with Crippen LogP contribution < -0.4 is 5.32 Å². The molecule has 2 heterocycles. The largest absolute Gasteiger partial charge is 0.352 e. The first-order chi connectivity index (χ1) is 11.0. The smallest absolute Gasteiger partial charge is 0.254 e. The normalized spacial score (nSPS) is 11.0. The third-order valence-corrected chi connectivity index (χ3v) is 4.32. The number of carbonyl (C=O) groups is 1. The van der Waals surface area contributed by atoms with E-state index in [1.54, 1.807) is 24.0 Å². The van der Waals surface area contributed by atoms with Crippen LogP contribution in [0, 0.1) is 13.8 Å². The Bertz CT molecular complexity index is 666. The number of aromatic nitrogens is 3. The first-order valence-electron chi connectivity index (χ1n) is 7.88. The summed E-state index contributed by atoms with van der Waals surface area (Å²) in [6.07, 6.45) is 2.57. The highest BCUT2D eigenvalue weighted by Gasteiger charge is 2.13. The van der Waals surface area contributed by atoms with Crippen molar-refractivity contribution in [2.75, 3.05) is 6.54 Å². The predicted octanol–water partition coefficient (Wildman–Crippen LogP) is 3.22. The average Bonchev–Trinajstić information content (AvgIpc) is 2.81. The van der Waals surface area contributed by atoms with E-state index < -0.39 is 0 Å². The van der Waals surface area contributed by atoms with Crippen LogP contribution in [0.3, 0.4) is 0 Å². The minimum Gasteiger partial charge on any atom is -0.352 e. The average molecular weight is 332 g/mol. The highest BCUT2D eigenvalue weighted by atomic mass is 32.2. The summed E-state index contributed by atoms with van der Waals surface area (Å²) in [6.45, 7) is 9.65. The van der Waals surface area contributed by atoms with Gasteiger partial charge in [-0.3, -0.25) is 9.48 Å². The summed E-state index contributed by atoms with van der Waals surface area (Å²) in [5.41, 5.74) is 2.83. The summed E-state index contributed by atoms with van der Waals surface area (Å²) in [5, 5.41) is 8.58. The zero-order chi connectivity index (χ0) is 16.8. The maximum atomic E-state index is 12.3. The van der Waals surface area contributed by atoms with Gasteiger partial charge in [0.1, 0.15) is 5.03 Å². The fraction of sp³-hybridized carbons (Fsp3) is 0.471. The van der Waals surface area contributed by atoms with Crippen molar-refractivity contribution >= 4 is 17.7 Å². The number of nitrogens with zero attached hydrogens (tertiary/aromatic N) is 3. The lowest BCUT2D eigenvalue weighted by molar-refractivity contribution is 0.0949. The molecule has 0 atom stereocenters. The molecule has 0 aliphatic rings. The molecule has 0 aliphatic heterocycles. The van der Waals surface area contributed by atoms with Crippen molar-refractivity contribution in [1.82, 2.24) is 20.1 Å². The third kappa shape index (κ3) is 5.10. The molecule has 0 saturated heterocycles. The van der Waals surface area contributed by atoms with Crippen LogP contribution in [0.15, 0.2) is 29.4 Å². The summed E-state index contributed by atoms with van der Waals surface area (Å²) in [6, 6.07) is 5.69. The van der Waals surface area contributed by atoms with E-state index in [1.165, 1.54) is 0 Å². The van der Waals surface area contributed by atoms with Crippen LogP contribution in [0.4, 0.5) is 0 Å². The van der Waals surface area contributed by atoms with Crippen LogP contribution in [0.5, 0.6) is 0 Å². The van der Waals surface area contributed by atoms with E-state index in [-0.39, 0.29) is 5.91 Å². The number of hydrogen-bond donors (Lipinski definition) is 1. The summed E-state index contributed by atoms with van der Waals surface area (Å²) in [5.74, 6) is -0.0605. The maximum absolute atomic E-state index is 12.3. The van der Waals surface area contributed by atoms with Crippen molar-refractivity contribution in [2.45, 2.75) is 50.9 Å². The quantitative estimate of drug-likeness (QED) is 0.625. The van der Waals surface area contributed by atoms with Crippen molar-refractivity contribution in [3.05, 3.63) is 41.3 Å². The molecule has 1 N–H and O–H groups in total. The Labute approximate surface area is 141 Å². The molecule has 0 saturated carbocycles. The SMILES string of the molecule is Cc1cc(C)n(CCCNC(=O)c2cccnc2SC(C)C)n1. The van der Waals surface area contributed by atoms with Gasteiger partial charge in [0.05, 0.1) is 11.3 Å². The van der Waals surface area contributed by atoms with Gasteiger partial charge >= 0.3 is 0 Å². The van der Waals surface area contributed by atoms with Crippen LogP contribution in [0.1, 0.15) is 42.0 Å². The second-order valence-electron chi connectivity index (χ2n) is 5.78. The van der Waals surface area contributed by atoms with Gasteiger partial charge < -0.3 is 5.32 Å². The highest BCUT2D eigenvalue weighted by molar-refractivity contribution is 7.99. The molecule has 5 nitrogen and oxygen atoms in total. The van der Waals surface area contributed by atoms with Gasteiger partial charge in [0, 0.05) is 30.2 Å². The minimum absolute atomic E-state index is 0.0605. The lowest BCUT2D eigenvalue weighted by Crippen LogP contribution is -2.26. The van der Waals surface area contributed by atoms with Gasteiger partial charge in [-0.25, -0.2) is 4.98 Å². The minimum atomic E-state index is -0.0605. The number of rotatable bonds is 7. The Hall–Kier alpha value is -1.82. The van der Waals surface area contributed by atoms with E-state index in [4.69, 9.17) is 0 Å². The third-order valence-electron chi connectivity index (χ3n) is 3.30. The number of pyridine rings is 1. The molecule has 6 heteroatoms. The van der Waals surface area contributed by atoms with Crippen molar-refractivity contribution in [2.24, 2.45) is 0 Å². The molecule has 0 unspecified atom stereocenters. The molecule has 0 spiro atoms. The van der Waals surface area contributed by atoms with Crippen molar-refractivity contribution in [3.63, 3.8) is 0 Å². The summed E-state index contributed by atoms with van der Waals surface area (Å²) in [7, 11) is 0. The standard InChI is InChI=1S/C17H24N4OS/c1-12(2)23-17-15(7-5-8-19-17)16(22)18-9-6-10-21-14(4)11-13(3)20-21/h5,7-8,11-12H,6,9-10H2,1-4H3,(H,18,22). The molecular weight excluding hydrogens is 308 g/mol. The van der Waals surface area contributed by atoms with Gasteiger partial charge in [0.2, 0.25) is 0 Å². The van der Waals surface area contributed by atoms with Crippen LogP contribution in [0.25, 0.3) is 0 Å². The molecule has 124 valence electrons. The number of aryl methyl sites for hydroxylation is 3. The Morgan fingerprint density at radius 2 is 2.17 bits per heavy atom. The van der Waals surface area contributed by atoms with Gasteiger partial charge in [0.25, 0.3) is 5.91 Å². The van der Waals surface area contributed by atoms with E-state index in [0.29, 0.717) is 17.4 Å². The zero-order valence-electron chi connectivity index (χ0n) is 14.2. The first-order valence-corrected chi connectivity index (χ1v) is 8.76. The maximum Gasteiger partial charge on any atom is 0.254 e. The van der Waals surface area contributed by atoms with E-state index in [9.17, 15) is 4.79 Å². The molecule has 0 aromatic carbocycles. The molecule has 2 aromatic heterocycles. The van der Waals surface area contributed by atoms with Gasteiger partial charge in [-0.15, -0.1) is 11.8 Å². The molecule has 0 bridgehead atoms. The molecule has 0 aliphatic carbocycles. The molecule has 1 amide bonds.